The van der Waals surface area contributed by atoms with Gasteiger partial charge in [-0.2, -0.15) is 5.26 Å². The number of nitrogens with zero attached hydrogens (tertiary/aromatic N) is 1. The lowest BCUT2D eigenvalue weighted by Crippen LogP contribution is -2.77. The average molecular weight is 365 g/mol. The van der Waals surface area contributed by atoms with Crippen LogP contribution in [0, 0.1) is 25.2 Å². The van der Waals surface area contributed by atoms with Crippen molar-refractivity contribution in [3.05, 3.63) is 65.2 Å². The van der Waals surface area contributed by atoms with Gasteiger partial charge < -0.3 is 4.74 Å². The molecular formula is C23H20BNOSi. The highest BCUT2D eigenvalue weighted by atomic mass is 28.3. The summed E-state index contributed by atoms with van der Waals surface area (Å²) in [6, 6.07) is 19.8. The van der Waals surface area contributed by atoms with E-state index in [1.54, 1.807) is 0 Å². The van der Waals surface area contributed by atoms with E-state index < -0.39 is 8.07 Å². The molecule has 4 heteroatoms. The zero-order valence-corrected chi connectivity index (χ0v) is 17.1. The summed E-state index contributed by atoms with van der Waals surface area (Å²) < 4.78 is 6.51. The van der Waals surface area contributed by atoms with E-state index in [-0.39, 0.29) is 6.71 Å². The van der Waals surface area contributed by atoms with Gasteiger partial charge in [0.1, 0.15) is 19.6 Å². The fourth-order valence-electron chi connectivity index (χ4n) is 4.91. The Morgan fingerprint density at radius 2 is 1.67 bits per heavy atom. The first kappa shape index (κ1) is 16.4. The molecule has 5 rings (SSSR count). The summed E-state index contributed by atoms with van der Waals surface area (Å²) in [6.45, 7) is 9.08. The van der Waals surface area contributed by atoms with E-state index in [9.17, 15) is 5.26 Å². The standard InChI is InChI=1S/C23H20BNOSi/c1-14-8-7-10-18-22(14)26-23-15(2)16(13-25)12-20-21(23)24(18)17-9-5-6-11-19(17)27(20,3)4/h5-12H,1-4H3. The molecule has 0 atom stereocenters. The van der Waals surface area contributed by atoms with Gasteiger partial charge in [0.25, 0.3) is 6.71 Å². The lowest BCUT2D eigenvalue weighted by molar-refractivity contribution is 0.480. The first-order valence-electron chi connectivity index (χ1n) is 9.40. The van der Waals surface area contributed by atoms with Crippen molar-refractivity contribution in [3.63, 3.8) is 0 Å². The van der Waals surface area contributed by atoms with Gasteiger partial charge >= 0.3 is 0 Å². The van der Waals surface area contributed by atoms with E-state index >= 15 is 0 Å². The second-order valence-electron chi connectivity index (χ2n) is 8.19. The quantitative estimate of drug-likeness (QED) is 0.446. The van der Waals surface area contributed by atoms with Crippen LogP contribution in [0.5, 0.6) is 11.5 Å². The van der Waals surface area contributed by atoms with Crippen LogP contribution < -0.4 is 31.5 Å². The minimum Gasteiger partial charge on any atom is -0.458 e. The summed E-state index contributed by atoms with van der Waals surface area (Å²) in [5.74, 6) is 1.86. The van der Waals surface area contributed by atoms with Crippen molar-refractivity contribution in [1.29, 1.82) is 5.26 Å². The first-order chi connectivity index (χ1) is 12.9. The van der Waals surface area contributed by atoms with Gasteiger partial charge in [0.2, 0.25) is 0 Å². The molecule has 0 saturated heterocycles. The van der Waals surface area contributed by atoms with Gasteiger partial charge in [-0.3, -0.25) is 0 Å². The Morgan fingerprint density at radius 1 is 0.926 bits per heavy atom. The molecule has 0 bridgehead atoms. The predicted molar refractivity (Wildman–Crippen MR) is 115 cm³/mol. The number of ether oxygens (including phenoxy) is 1. The maximum absolute atomic E-state index is 9.75. The molecule has 0 unspecified atom stereocenters. The molecule has 2 nitrogen and oxygen atoms in total. The molecule has 0 saturated carbocycles. The maximum atomic E-state index is 9.75. The van der Waals surface area contributed by atoms with Crippen molar-refractivity contribution in [1.82, 2.24) is 0 Å². The first-order valence-corrected chi connectivity index (χ1v) is 12.4. The third-order valence-corrected chi connectivity index (χ3v) is 9.92. The summed E-state index contributed by atoms with van der Waals surface area (Å²) in [6.07, 6.45) is 0. The zero-order chi connectivity index (χ0) is 18.9. The average Bonchev–Trinajstić information content (AvgIpc) is 2.67. The number of hydrogen-bond donors (Lipinski definition) is 0. The summed E-state index contributed by atoms with van der Waals surface area (Å²) in [5.41, 5.74) is 6.77. The molecule has 27 heavy (non-hydrogen) atoms. The Labute approximate surface area is 161 Å². The maximum Gasteiger partial charge on any atom is 0.250 e. The topological polar surface area (TPSA) is 33.0 Å². The van der Waals surface area contributed by atoms with Crippen LogP contribution in [0.15, 0.2) is 48.5 Å². The molecule has 0 radical (unpaired) electrons. The molecule has 0 aromatic heterocycles. The molecule has 130 valence electrons. The van der Waals surface area contributed by atoms with Crippen LogP contribution in [0.4, 0.5) is 0 Å². The molecule has 2 aliphatic heterocycles. The van der Waals surface area contributed by atoms with Crippen molar-refractivity contribution in [3.8, 4) is 17.6 Å². The molecule has 0 amide bonds. The monoisotopic (exact) mass is 365 g/mol. The third kappa shape index (κ3) is 2.01. The van der Waals surface area contributed by atoms with Crippen LogP contribution >= 0.6 is 0 Å². The zero-order valence-electron chi connectivity index (χ0n) is 16.1. The van der Waals surface area contributed by atoms with Crippen LogP contribution in [-0.2, 0) is 0 Å². The lowest BCUT2D eigenvalue weighted by Gasteiger charge is -2.41. The Kier molecular flexibility index (Phi) is 3.26. The van der Waals surface area contributed by atoms with Crippen molar-refractivity contribution >= 4 is 41.5 Å². The highest BCUT2D eigenvalue weighted by molar-refractivity contribution is 7.14. The van der Waals surface area contributed by atoms with Gasteiger partial charge in [0.05, 0.1) is 11.6 Å². The Bertz CT molecular complexity index is 1180. The fourth-order valence-corrected chi connectivity index (χ4v) is 8.10. The number of fused-ring (bicyclic) bond motifs is 4. The van der Waals surface area contributed by atoms with Gasteiger partial charge in [-0.15, -0.1) is 0 Å². The van der Waals surface area contributed by atoms with Crippen molar-refractivity contribution in [2.75, 3.05) is 0 Å². The Morgan fingerprint density at radius 3 is 2.44 bits per heavy atom. The second kappa shape index (κ2) is 5.37. The number of para-hydroxylation sites is 1. The van der Waals surface area contributed by atoms with Crippen LogP contribution in [0.1, 0.15) is 16.7 Å². The van der Waals surface area contributed by atoms with Gasteiger partial charge in [-0.25, -0.2) is 0 Å². The molecule has 3 aromatic rings. The van der Waals surface area contributed by atoms with E-state index in [1.165, 1.54) is 26.8 Å². The van der Waals surface area contributed by atoms with Crippen LogP contribution in [0.25, 0.3) is 0 Å². The summed E-state index contributed by atoms with van der Waals surface area (Å²) >= 11 is 0. The van der Waals surface area contributed by atoms with Crippen LogP contribution in [-0.4, -0.2) is 14.8 Å². The predicted octanol–water partition coefficient (Wildman–Crippen LogP) is 1.93. The van der Waals surface area contributed by atoms with E-state index in [1.807, 2.05) is 6.92 Å². The van der Waals surface area contributed by atoms with Gasteiger partial charge in [0, 0.05) is 5.56 Å². The van der Waals surface area contributed by atoms with Crippen LogP contribution in [0.2, 0.25) is 13.1 Å². The van der Waals surface area contributed by atoms with E-state index in [4.69, 9.17) is 4.74 Å². The summed E-state index contributed by atoms with van der Waals surface area (Å²) in [5, 5.41) is 12.6. The minimum atomic E-state index is -1.92. The highest BCUT2D eigenvalue weighted by Gasteiger charge is 2.46. The molecular weight excluding hydrogens is 345 g/mol. The van der Waals surface area contributed by atoms with Gasteiger partial charge in [-0.05, 0) is 36.4 Å². The van der Waals surface area contributed by atoms with Crippen molar-refractivity contribution in [2.24, 2.45) is 0 Å². The third-order valence-electron chi connectivity index (χ3n) is 6.35. The molecule has 2 aliphatic rings. The largest absolute Gasteiger partial charge is 0.458 e. The SMILES string of the molecule is Cc1cccc2c1Oc1c(C)c(C#N)cc3c1B2c1ccccc1[Si]3(C)C. The number of aryl methyl sites for hydroxylation is 1. The molecule has 0 aliphatic carbocycles. The number of benzene rings is 3. The minimum absolute atomic E-state index is 0.182. The smallest absolute Gasteiger partial charge is 0.250 e. The fraction of sp³-hybridized carbons (Fsp3) is 0.174. The highest BCUT2D eigenvalue weighted by Crippen LogP contribution is 2.32. The Hall–Kier alpha value is -2.77. The Balaban J connectivity index is 1.97. The molecule has 0 fully saturated rings. The normalized spacial score (nSPS) is 15.1. The van der Waals surface area contributed by atoms with Crippen LogP contribution in [0.3, 0.4) is 0 Å². The second-order valence-corrected chi connectivity index (χ2v) is 12.5. The van der Waals surface area contributed by atoms with E-state index in [2.05, 4.69) is 74.6 Å². The van der Waals surface area contributed by atoms with Crippen molar-refractivity contribution < 1.29 is 4.74 Å². The molecule has 0 N–H and O–H groups in total. The van der Waals surface area contributed by atoms with E-state index in [0.29, 0.717) is 0 Å². The van der Waals surface area contributed by atoms with E-state index in [0.717, 1.165) is 28.2 Å². The molecule has 0 spiro atoms. The number of hydrogen-bond acceptors (Lipinski definition) is 2. The lowest BCUT2D eigenvalue weighted by atomic mass is 9.35. The molecule has 3 aromatic carbocycles. The van der Waals surface area contributed by atoms with Gasteiger partial charge in [-0.1, -0.05) is 71.4 Å². The molecule has 2 heterocycles. The van der Waals surface area contributed by atoms with Gasteiger partial charge in [0.15, 0.2) is 0 Å². The number of rotatable bonds is 0. The summed E-state index contributed by atoms with van der Waals surface area (Å²) in [4.78, 5) is 0. The van der Waals surface area contributed by atoms with Crippen molar-refractivity contribution in [2.45, 2.75) is 26.9 Å². The number of nitriles is 1. The summed E-state index contributed by atoms with van der Waals surface area (Å²) in [7, 11) is -1.92.